The molecule has 3 aromatic carbocycles. The Labute approximate surface area is 187 Å². The molecular weight excluding hydrogens is 406 g/mol. The summed E-state index contributed by atoms with van der Waals surface area (Å²) in [4.78, 5) is 0. The smallest absolute Gasteiger partial charge is 0.159 e. The number of aromatic hydroxyl groups is 1. The molecule has 0 aliphatic heterocycles. The van der Waals surface area contributed by atoms with Gasteiger partial charge in [0.15, 0.2) is 11.6 Å². The second kappa shape index (κ2) is 8.62. The van der Waals surface area contributed by atoms with E-state index < -0.39 is 11.6 Å². The highest BCUT2D eigenvalue weighted by atomic mass is 19.2. The van der Waals surface area contributed by atoms with Gasteiger partial charge in [0.05, 0.1) is 0 Å². The van der Waals surface area contributed by atoms with E-state index in [0.29, 0.717) is 29.0 Å². The van der Waals surface area contributed by atoms with Gasteiger partial charge >= 0.3 is 0 Å². The molecule has 0 heterocycles. The van der Waals surface area contributed by atoms with Gasteiger partial charge < -0.3 is 9.84 Å². The van der Waals surface area contributed by atoms with Crippen molar-refractivity contribution in [2.24, 2.45) is 0 Å². The van der Waals surface area contributed by atoms with Crippen molar-refractivity contribution in [3.05, 3.63) is 106 Å². The van der Waals surface area contributed by atoms with Gasteiger partial charge in [-0.2, -0.15) is 0 Å². The molecule has 0 aromatic heterocycles. The summed E-state index contributed by atoms with van der Waals surface area (Å²) < 4.78 is 34.6. The van der Waals surface area contributed by atoms with Crippen molar-refractivity contribution in [2.45, 2.75) is 40.2 Å². The van der Waals surface area contributed by atoms with E-state index in [4.69, 9.17) is 4.74 Å². The number of hydrogen-bond donors (Lipinski definition) is 1. The van der Waals surface area contributed by atoms with E-state index >= 15 is 0 Å². The van der Waals surface area contributed by atoms with E-state index in [0.717, 1.165) is 27.9 Å². The Morgan fingerprint density at radius 2 is 1.41 bits per heavy atom. The standard InChI is InChI=1S/C28H26F2O2/c1-16-17(2)19(4)28(18(16)3)24-14-26(30)25(29)13-22(24)23-12-21(10-11-27(23)31)32-15-20-8-6-5-7-9-20/h5-14,28,31H,15H2,1-4H3. The largest absolute Gasteiger partial charge is 0.507 e. The van der Waals surface area contributed by atoms with Crippen LogP contribution in [-0.4, -0.2) is 5.11 Å². The Morgan fingerprint density at radius 3 is 2.06 bits per heavy atom. The minimum atomic E-state index is -0.950. The normalized spacial score (nSPS) is 14.4. The lowest BCUT2D eigenvalue weighted by molar-refractivity contribution is 0.306. The van der Waals surface area contributed by atoms with Crippen molar-refractivity contribution in [1.82, 2.24) is 0 Å². The van der Waals surface area contributed by atoms with E-state index in [9.17, 15) is 13.9 Å². The van der Waals surface area contributed by atoms with Gasteiger partial charge in [-0.15, -0.1) is 0 Å². The zero-order valence-corrected chi connectivity index (χ0v) is 18.7. The highest BCUT2D eigenvalue weighted by molar-refractivity contribution is 5.77. The summed E-state index contributed by atoms with van der Waals surface area (Å²) in [5, 5.41) is 10.6. The van der Waals surface area contributed by atoms with Gasteiger partial charge in [-0.3, -0.25) is 0 Å². The van der Waals surface area contributed by atoms with Crippen LogP contribution in [0.15, 0.2) is 83.0 Å². The van der Waals surface area contributed by atoms with Crippen molar-refractivity contribution in [3.63, 3.8) is 0 Å². The molecule has 0 saturated heterocycles. The number of allylic oxidation sites excluding steroid dienone is 4. The van der Waals surface area contributed by atoms with Gasteiger partial charge in [-0.05, 0) is 85.9 Å². The molecule has 3 aromatic rings. The summed E-state index contributed by atoms with van der Waals surface area (Å²) in [5.74, 6) is -1.50. The minimum absolute atomic E-state index is 0.0148. The van der Waals surface area contributed by atoms with Crippen molar-refractivity contribution in [1.29, 1.82) is 0 Å². The predicted molar refractivity (Wildman–Crippen MR) is 124 cm³/mol. The van der Waals surface area contributed by atoms with E-state index in [2.05, 4.69) is 0 Å². The summed E-state index contributed by atoms with van der Waals surface area (Å²) in [6.07, 6.45) is 0. The summed E-state index contributed by atoms with van der Waals surface area (Å²) in [6.45, 7) is 8.49. The molecule has 1 aliphatic carbocycles. The summed E-state index contributed by atoms with van der Waals surface area (Å²) >= 11 is 0. The van der Waals surface area contributed by atoms with E-state index in [1.54, 1.807) is 12.1 Å². The van der Waals surface area contributed by atoms with Crippen LogP contribution < -0.4 is 4.74 Å². The topological polar surface area (TPSA) is 29.5 Å². The molecule has 0 radical (unpaired) electrons. The molecule has 32 heavy (non-hydrogen) atoms. The lowest BCUT2D eigenvalue weighted by atomic mass is 9.83. The van der Waals surface area contributed by atoms with Crippen LogP contribution in [-0.2, 0) is 6.61 Å². The molecular formula is C28H26F2O2. The van der Waals surface area contributed by atoms with Gasteiger partial charge in [0.25, 0.3) is 0 Å². The molecule has 0 atom stereocenters. The molecule has 0 unspecified atom stereocenters. The monoisotopic (exact) mass is 432 g/mol. The van der Waals surface area contributed by atoms with Crippen LogP contribution >= 0.6 is 0 Å². The maximum Gasteiger partial charge on any atom is 0.159 e. The average molecular weight is 433 g/mol. The maximum atomic E-state index is 14.4. The average Bonchev–Trinajstić information content (AvgIpc) is 2.98. The van der Waals surface area contributed by atoms with Gasteiger partial charge in [0.2, 0.25) is 0 Å². The highest BCUT2D eigenvalue weighted by Crippen LogP contribution is 2.48. The number of phenols is 1. The Morgan fingerprint density at radius 1 is 0.781 bits per heavy atom. The zero-order chi connectivity index (χ0) is 23.0. The van der Waals surface area contributed by atoms with Crippen LogP contribution in [0.25, 0.3) is 11.1 Å². The van der Waals surface area contributed by atoms with Gasteiger partial charge in [0, 0.05) is 11.5 Å². The number of ether oxygens (including phenoxy) is 1. The molecule has 4 heteroatoms. The molecule has 1 N–H and O–H groups in total. The van der Waals surface area contributed by atoms with Crippen molar-refractivity contribution < 1.29 is 18.6 Å². The van der Waals surface area contributed by atoms with Crippen LogP contribution in [0.4, 0.5) is 8.78 Å². The van der Waals surface area contributed by atoms with E-state index in [1.807, 2.05) is 58.0 Å². The Kier molecular flexibility index (Phi) is 5.88. The van der Waals surface area contributed by atoms with Gasteiger partial charge in [0.1, 0.15) is 18.1 Å². The molecule has 0 spiro atoms. The van der Waals surface area contributed by atoms with Crippen LogP contribution in [0.1, 0.15) is 44.7 Å². The first-order valence-corrected chi connectivity index (χ1v) is 10.6. The third-order valence-corrected chi connectivity index (χ3v) is 6.52. The lowest BCUT2D eigenvalue weighted by Crippen LogP contribution is -2.05. The SMILES string of the molecule is CC1=C(C)C(c2cc(F)c(F)cc2-c2cc(OCc3ccccc3)ccc2O)C(C)=C1C. The molecule has 0 bridgehead atoms. The summed E-state index contributed by atoms with van der Waals surface area (Å²) in [5.41, 5.74) is 7.02. The first-order valence-electron chi connectivity index (χ1n) is 10.6. The van der Waals surface area contributed by atoms with Crippen LogP contribution in [0, 0.1) is 11.6 Å². The van der Waals surface area contributed by atoms with E-state index in [-0.39, 0.29) is 11.7 Å². The Hall–Kier alpha value is -3.40. The van der Waals surface area contributed by atoms with Gasteiger partial charge in [-0.1, -0.05) is 41.5 Å². The Balaban J connectivity index is 1.79. The maximum absolute atomic E-state index is 14.4. The molecule has 1 aliphatic rings. The summed E-state index contributed by atoms with van der Waals surface area (Å²) in [7, 11) is 0. The molecule has 0 amide bonds. The second-order valence-corrected chi connectivity index (χ2v) is 8.36. The quantitative estimate of drug-likeness (QED) is 0.448. The van der Waals surface area contributed by atoms with Crippen LogP contribution in [0.5, 0.6) is 11.5 Å². The van der Waals surface area contributed by atoms with Crippen molar-refractivity contribution in [2.75, 3.05) is 0 Å². The predicted octanol–water partition coefficient (Wildman–Crippen LogP) is 7.69. The van der Waals surface area contributed by atoms with Gasteiger partial charge in [-0.25, -0.2) is 8.78 Å². The fraction of sp³-hybridized carbons (Fsp3) is 0.214. The first kappa shape index (κ1) is 21.8. The molecule has 0 fully saturated rings. The number of benzene rings is 3. The zero-order valence-electron chi connectivity index (χ0n) is 18.7. The van der Waals surface area contributed by atoms with Crippen molar-refractivity contribution >= 4 is 0 Å². The molecule has 0 saturated carbocycles. The number of halogens is 2. The second-order valence-electron chi connectivity index (χ2n) is 8.36. The minimum Gasteiger partial charge on any atom is -0.507 e. The van der Waals surface area contributed by atoms with Crippen LogP contribution in [0.3, 0.4) is 0 Å². The van der Waals surface area contributed by atoms with Crippen LogP contribution in [0.2, 0.25) is 0 Å². The number of rotatable bonds is 5. The molecule has 2 nitrogen and oxygen atoms in total. The molecule has 4 rings (SSSR count). The lowest BCUT2D eigenvalue weighted by Gasteiger charge is -2.21. The third-order valence-electron chi connectivity index (χ3n) is 6.52. The number of hydrogen-bond acceptors (Lipinski definition) is 2. The van der Waals surface area contributed by atoms with E-state index in [1.165, 1.54) is 18.2 Å². The Bertz CT molecular complexity index is 1220. The highest BCUT2D eigenvalue weighted by Gasteiger charge is 2.29. The fourth-order valence-corrected chi connectivity index (χ4v) is 4.41. The van der Waals surface area contributed by atoms with Crippen molar-refractivity contribution in [3.8, 4) is 22.6 Å². The summed E-state index contributed by atoms with van der Waals surface area (Å²) in [6, 6.07) is 17.0. The number of phenolic OH excluding ortho intramolecular Hbond substituents is 1. The fourth-order valence-electron chi connectivity index (χ4n) is 4.41. The third kappa shape index (κ3) is 3.93. The molecule has 164 valence electrons. The first-order chi connectivity index (χ1) is 15.3.